The summed E-state index contributed by atoms with van der Waals surface area (Å²) in [7, 11) is 0. The fraction of sp³-hybridized carbons (Fsp3) is 0.0714. The van der Waals surface area contributed by atoms with Crippen molar-refractivity contribution in [3.05, 3.63) is 48.5 Å². The molecule has 2 aromatic carbocycles. The molecule has 2 rings (SSSR count). The van der Waals surface area contributed by atoms with Gasteiger partial charge in [-0.1, -0.05) is 12.1 Å². The minimum absolute atomic E-state index is 0.0735. The third-order valence-electron chi connectivity index (χ3n) is 2.33. The summed E-state index contributed by atoms with van der Waals surface area (Å²) in [4.78, 5) is 15.3. The average molecular weight is 271 g/mol. The molecule has 0 spiro atoms. The fourth-order valence-electron chi connectivity index (χ4n) is 1.39. The molecule has 0 atom stereocenters. The number of benzene rings is 2. The Morgan fingerprint density at radius 2 is 1.80 bits per heavy atom. The van der Waals surface area contributed by atoms with E-state index in [0.717, 1.165) is 0 Å². The van der Waals surface area contributed by atoms with Gasteiger partial charge in [0, 0.05) is 6.92 Å². The number of phenolic OH excluding ortho intramolecular Hbond substituents is 1. The average Bonchev–Trinajstić information content (AvgIpc) is 2.45. The van der Waals surface area contributed by atoms with E-state index >= 15 is 0 Å². The van der Waals surface area contributed by atoms with Crippen molar-refractivity contribution in [2.75, 3.05) is 5.48 Å². The summed E-state index contributed by atoms with van der Waals surface area (Å²) in [5.74, 6) is -0.349. The maximum Gasteiger partial charge on any atom is 0.329 e. The van der Waals surface area contributed by atoms with Crippen LogP contribution in [0.2, 0.25) is 0 Å². The van der Waals surface area contributed by atoms with Crippen molar-refractivity contribution in [2.24, 2.45) is 10.2 Å². The van der Waals surface area contributed by atoms with E-state index < -0.39 is 5.97 Å². The number of nitrogens with one attached hydrogen (secondary N) is 1. The molecule has 0 saturated heterocycles. The second kappa shape index (κ2) is 6.33. The lowest BCUT2D eigenvalue weighted by atomic mass is 10.3. The third-order valence-corrected chi connectivity index (χ3v) is 2.33. The first-order valence-corrected chi connectivity index (χ1v) is 5.88. The van der Waals surface area contributed by atoms with Gasteiger partial charge in [-0.3, -0.25) is 4.79 Å². The molecule has 2 aromatic rings. The predicted octanol–water partition coefficient (Wildman–Crippen LogP) is 3.70. The summed E-state index contributed by atoms with van der Waals surface area (Å²) in [6.45, 7) is 1.31. The van der Waals surface area contributed by atoms with Crippen molar-refractivity contribution in [1.82, 2.24) is 0 Å². The zero-order valence-corrected chi connectivity index (χ0v) is 10.8. The molecule has 6 heteroatoms. The van der Waals surface area contributed by atoms with Crippen LogP contribution in [0, 0.1) is 0 Å². The van der Waals surface area contributed by atoms with Gasteiger partial charge in [0.15, 0.2) is 0 Å². The highest BCUT2D eigenvalue weighted by Gasteiger charge is 1.98. The quantitative estimate of drug-likeness (QED) is 0.656. The lowest BCUT2D eigenvalue weighted by Gasteiger charge is -2.04. The van der Waals surface area contributed by atoms with Crippen molar-refractivity contribution in [3.8, 4) is 5.75 Å². The summed E-state index contributed by atoms with van der Waals surface area (Å²) >= 11 is 0. The van der Waals surface area contributed by atoms with E-state index in [1.54, 1.807) is 48.5 Å². The van der Waals surface area contributed by atoms with Gasteiger partial charge in [0.05, 0.1) is 11.4 Å². The number of aromatic hydroxyl groups is 1. The van der Waals surface area contributed by atoms with E-state index in [0.29, 0.717) is 17.1 Å². The Balaban J connectivity index is 2.04. The fourth-order valence-corrected chi connectivity index (χ4v) is 1.39. The molecule has 0 aliphatic rings. The summed E-state index contributed by atoms with van der Waals surface area (Å²) < 4.78 is 0. The zero-order chi connectivity index (χ0) is 14.4. The number of phenols is 1. The number of rotatable bonds is 4. The predicted molar refractivity (Wildman–Crippen MR) is 74.1 cm³/mol. The van der Waals surface area contributed by atoms with Gasteiger partial charge in [0.1, 0.15) is 11.4 Å². The van der Waals surface area contributed by atoms with Crippen LogP contribution in [0.3, 0.4) is 0 Å². The van der Waals surface area contributed by atoms with Crippen LogP contribution >= 0.6 is 0 Å². The number of hydrogen-bond acceptors (Lipinski definition) is 6. The first-order chi connectivity index (χ1) is 9.65. The Morgan fingerprint density at radius 3 is 2.45 bits per heavy atom. The highest BCUT2D eigenvalue weighted by Crippen LogP contribution is 2.27. The monoisotopic (exact) mass is 271 g/mol. The van der Waals surface area contributed by atoms with Crippen LogP contribution in [-0.2, 0) is 9.63 Å². The SMILES string of the molecule is CC(=O)ONc1ccc(N=Nc2ccccc2O)cc1. The minimum atomic E-state index is -0.423. The summed E-state index contributed by atoms with van der Waals surface area (Å²) in [5.41, 5.74) is 4.13. The van der Waals surface area contributed by atoms with E-state index in [1.165, 1.54) is 6.92 Å². The molecule has 102 valence electrons. The molecule has 2 N–H and O–H groups in total. The number of anilines is 1. The van der Waals surface area contributed by atoms with Gasteiger partial charge in [0.2, 0.25) is 0 Å². The normalized spacial score (nSPS) is 10.4. The molecule has 0 fully saturated rings. The second-order valence-corrected chi connectivity index (χ2v) is 3.93. The number of para-hydroxylation sites is 1. The second-order valence-electron chi connectivity index (χ2n) is 3.93. The third kappa shape index (κ3) is 3.81. The van der Waals surface area contributed by atoms with Crippen LogP contribution in [0.4, 0.5) is 17.1 Å². The van der Waals surface area contributed by atoms with Gasteiger partial charge in [-0.25, -0.2) is 5.48 Å². The van der Waals surface area contributed by atoms with Crippen LogP contribution < -0.4 is 5.48 Å². The lowest BCUT2D eigenvalue weighted by molar-refractivity contribution is -0.138. The zero-order valence-electron chi connectivity index (χ0n) is 10.8. The van der Waals surface area contributed by atoms with Crippen molar-refractivity contribution in [2.45, 2.75) is 6.92 Å². The molecule has 0 aliphatic carbocycles. The topological polar surface area (TPSA) is 83.3 Å². The summed E-state index contributed by atoms with van der Waals surface area (Å²) in [5, 5.41) is 17.5. The molecule has 0 bridgehead atoms. The molecule has 0 amide bonds. The number of azo groups is 1. The largest absolute Gasteiger partial charge is 0.506 e. The first-order valence-electron chi connectivity index (χ1n) is 5.88. The highest BCUT2D eigenvalue weighted by atomic mass is 16.7. The van der Waals surface area contributed by atoms with Crippen molar-refractivity contribution in [3.63, 3.8) is 0 Å². The maximum absolute atomic E-state index is 10.6. The Morgan fingerprint density at radius 1 is 1.10 bits per heavy atom. The Bertz CT molecular complexity index is 624. The van der Waals surface area contributed by atoms with Crippen LogP contribution in [0.25, 0.3) is 0 Å². The van der Waals surface area contributed by atoms with E-state index in [2.05, 4.69) is 20.5 Å². The number of hydrogen-bond donors (Lipinski definition) is 2. The molecule has 0 aromatic heterocycles. The lowest BCUT2D eigenvalue weighted by Crippen LogP contribution is -2.05. The maximum atomic E-state index is 10.6. The molecular weight excluding hydrogens is 258 g/mol. The van der Waals surface area contributed by atoms with E-state index in [-0.39, 0.29) is 5.75 Å². The van der Waals surface area contributed by atoms with Crippen LogP contribution in [0.5, 0.6) is 5.75 Å². The van der Waals surface area contributed by atoms with Gasteiger partial charge in [-0.15, -0.1) is 5.11 Å². The van der Waals surface area contributed by atoms with Gasteiger partial charge < -0.3 is 9.94 Å². The van der Waals surface area contributed by atoms with Gasteiger partial charge in [-0.2, -0.15) is 5.11 Å². The summed E-state index contributed by atoms with van der Waals surface area (Å²) in [6.07, 6.45) is 0. The molecule has 6 nitrogen and oxygen atoms in total. The molecule has 0 radical (unpaired) electrons. The molecule has 20 heavy (non-hydrogen) atoms. The van der Waals surface area contributed by atoms with Crippen LogP contribution in [0.15, 0.2) is 58.8 Å². The first kappa shape index (κ1) is 13.5. The van der Waals surface area contributed by atoms with Crippen molar-refractivity contribution in [1.29, 1.82) is 0 Å². The van der Waals surface area contributed by atoms with Gasteiger partial charge >= 0.3 is 5.97 Å². The van der Waals surface area contributed by atoms with Crippen molar-refractivity contribution >= 4 is 23.0 Å². The smallest absolute Gasteiger partial charge is 0.329 e. The number of carbonyl (C=O) groups excluding carboxylic acids is 1. The molecule has 0 heterocycles. The van der Waals surface area contributed by atoms with Gasteiger partial charge in [-0.05, 0) is 36.4 Å². The van der Waals surface area contributed by atoms with Gasteiger partial charge in [0.25, 0.3) is 0 Å². The highest BCUT2D eigenvalue weighted by molar-refractivity contribution is 5.67. The summed E-state index contributed by atoms with van der Waals surface area (Å²) in [6, 6.07) is 13.5. The van der Waals surface area contributed by atoms with Crippen LogP contribution in [-0.4, -0.2) is 11.1 Å². The Labute approximate surface area is 115 Å². The molecule has 0 unspecified atom stereocenters. The van der Waals surface area contributed by atoms with E-state index in [1.807, 2.05) is 0 Å². The Kier molecular flexibility index (Phi) is 4.28. The number of carbonyl (C=O) groups is 1. The molecule has 0 aliphatic heterocycles. The number of nitrogens with zero attached hydrogens (tertiary/aromatic N) is 2. The molecule has 0 saturated carbocycles. The molecular formula is C14H13N3O3. The van der Waals surface area contributed by atoms with Crippen LogP contribution in [0.1, 0.15) is 6.92 Å². The standard InChI is InChI=1S/C14H13N3O3/c1-10(18)20-17-12-8-6-11(7-9-12)15-16-13-4-2-3-5-14(13)19/h2-9,17,19H,1H3. The minimum Gasteiger partial charge on any atom is -0.506 e. The van der Waals surface area contributed by atoms with E-state index in [4.69, 9.17) is 0 Å². The Hall–Kier alpha value is -2.89. The van der Waals surface area contributed by atoms with E-state index in [9.17, 15) is 9.90 Å². The van der Waals surface area contributed by atoms with Crippen molar-refractivity contribution < 1.29 is 14.7 Å².